The van der Waals surface area contributed by atoms with E-state index in [2.05, 4.69) is 5.32 Å². The monoisotopic (exact) mass is 619 g/mol. The zero-order valence-corrected chi connectivity index (χ0v) is 24.9. The number of nitrogens with zero attached hydrogens (tertiary/aromatic N) is 2. The van der Waals surface area contributed by atoms with E-state index in [1.165, 1.54) is 59.2 Å². The molecule has 1 saturated heterocycles. The molecule has 218 valence electrons. The minimum Gasteiger partial charge on any atom is -0.497 e. The molecule has 5 rings (SSSR count). The number of anilines is 2. The number of carbonyl (C=O) groups is 1. The number of methoxy groups -OCH3 is 2. The Morgan fingerprint density at radius 3 is 2.39 bits per heavy atom. The van der Waals surface area contributed by atoms with Crippen LogP contribution in [0.5, 0.6) is 11.5 Å². The van der Waals surface area contributed by atoms with Crippen LogP contribution in [0, 0.1) is 5.92 Å². The summed E-state index contributed by atoms with van der Waals surface area (Å²) in [5.74, 6) is -0.377. The number of nitrogens with one attached hydrogen (secondary N) is 1. The quantitative estimate of drug-likeness (QED) is 0.402. The Morgan fingerprint density at radius 2 is 1.68 bits per heavy atom. The molecule has 0 bridgehead atoms. The van der Waals surface area contributed by atoms with Crippen molar-refractivity contribution >= 4 is 48.9 Å². The third-order valence-corrected chi connectivity index (χ3v) is 11.3. The third kappa shape index (κ3) is 5.74. The van der Waals surface area contributed by atoms with E-state index in [0.717, 1.165) is 5.56 Å². The predicted octanol–water partition coefficient (Wildman–Crippen LogP) is 4.15. The zero-order valence-electron chi connectivity index (χ0n) is 22.5. The summed E-state index contributed by atoms with van der Waals surface area (Å²) in [6.45, 7) is 0.542. The number of piperidine rings is 1. The molecule has 2 heterocycles. The van der Waals surface area contributed by atoms with Crippen molar-refractivity contribution in [2.24, 2.45) is 5.92 Å². The van der Waals surface area contributed by atoms with Crippen molar-refractivity contribution in [2.75, 3.05) is 43.5 Å². The van der Waals surface area contributed by atoms with E-state index >= 15 is 0 Å². The van der Waals surface area contributed by atoms with Crippen LogP contribution in [-0.2, 0) is 31.3 Å². The van der Waals surface area contributed by atoms with Crippen LogP contribution in [0.25, 0.3) is 0 Å². The van der Waals surface area contributed by atoms with Crippen molar-refractivity contribution in [3.63, 3.8) is 0 Å². The second-order valence-corrected chi connectivity index (χ2v) is 14.0. The van der Waals surface area contributed by atoms with Gasteiger partial charge in [0.25, 0.3) is 10.0 Å². The average Bonchev–Trinajstić information content (AvgIpc) is 3.41. The van der Waals surface area contributed by atoms with Crippen molar-refractivity contribution in [3.05, 3.63) is 71.2 Å². The number of fused-ring (bicyclic) bond motifs is 1. The van der Waals surface area contributed by atoms with E-state index < -0.39 is 26.0 Å². The average molecular weight is 620 g/mol. The van der Waals surface area contributed by atoms with Crippen molar-refractivity contribution < 1.29 is 31.1 Å². The number of hydrogen-bond donors (Lipinski definition) is 1. The van der Waals surface area contributed by atoms with E-state index in [4.69, 9.17) is 21.1 Å². The molecule has 0 unspecified atom stereocenters. The number of ether oxygens (including phenoxy) is 2. The molecule has 1 atom stereocenters. The molecule has 10 nitrogen and oxygen atoms in total. The summed E-state index contributed by atoms with van der Waals surface area (Å²) in [5, 5.41) is 3.31. The second kappa shape index (κ2) is 11.5. The number of amides is 1. The van der Waals surface area contributed by atoms with Gasteiger partial charge in [-0.25, -0.2) is 16.8 Å². The summed E-state index contributed by atoms with van der Waals surface area (Å²) in [4.78, 5) is 13.4. The first-order chi connectivity index (χ1) is 19.5. The molecule has 0 saturated carbocycles. The minimum atomic E-state index is -3.97. The van der Waals surface area contributed by atoms with E-state index in [0.29, 0.717) is 41.4 Å². The fourth-order valence-electron chi connectivity index (χ4n) is 5.15. The molecule has 0 radical (unpaired) electrons. The third-order valence-electron chi connectivity index (χ3n) is 7.35. The van der Waals surface area contributed by atoms with Crippen LogP contribution in [0.3, 0.4) is 0 Å². The second-order valence-electron chi connectivity index (χ2n) is 9.83. The van der Waals surface area contributed by atoms with Crippen molar-refractivity contribution in [3.8, 4) is 11.5 Å². The van der Waals surface area contributed by atoms with Gasteiger partial charge < -0.3 is 14.8 Å². The molecule has 1 amide bonds. The van der Waals surface area contributed by atoms with Gasteiger partial charge in [0.2, 0.25) is 15.9 Å². The Bertz CT molecular complexity index is 1680. The van der Waals surface area contributed by atoms with Gasteiger partial charge in [0.15, 0.2) is 0 Å². The van der Waals surface area contributed by atoms with Gasteiger partial charge in [-0.05, 0) is 73.4 Å². The summed E-state index contributed by atoms with van der Waals surface area (Å²) < 4.78 is 66.9. The number of hydrogen-bond acceptors (Lipinski definition) is 7. The number of carbonyl (C=O) groups excluding carboxylic acids is 1. The molecule has 2 aliphatic heterocycles. The Morgan fingerprint density at radius 1 is 0.927 bits per heavy atom. The van der Waals surface area contributed by atoms with Crippen LogP contribution in [-0.4, -0.2) is 60.9 Å². The number of benzene rings is 3. The Kier molecular flexibility index (Phi) is 8.20. The molecule has 1 N–H and O–H groups in total. The molecule has 0 spiro atoms. The molecule has 2 aliphatic rings. The summed E-state index contributed by atoms with van der Waals surface area (Å²) in [7, 11) is -4.95. The first-order valence-corrected chi connectivity index (χ1v) is 16.2. The maximum Gasteiger partial charge on any atom is 0.264 e. The fraction of sp³-hybridized carbons (Fsp3) is 0.321. The number of sulfonamides is 2. The maximum atomic E-state index is 13.5. The number of halogens is 1. The van der Waals surface area contributed by atoms with Crippen molar-refractivity contribution in [1.82, 2.24) is 4.31 Å². The molecule has 0 aliphatic carbocycles. The van der Waals surface area contributed by atoms with Crippen molar-refractivity contribution in [2.45, 2.75) is 29.1 Å². The standard InChI is InChI=1S/C28H30ClN3O7S2/c1-38-23-9-12-26(39-2)27(17-23)41(36,37)31-14-3-4-20(18-31)28(33)30-22-8-5-19-13-15-32(25(19)16-22)40(34,35)24-10-6-21(29)7-11-24/h5-12,16-17,20H,3-4,13-15,18H2,1-2H3,(H,30,33)/t20-/m1/s1. The highest BCUT2D eigenvalue weighted by atomic mass is 35.5. The van der Waals surface area contributed by atoms with E-state index in [1.54, 1.807) is 24.3 Å². The van der Waals surface area contributed by atoms with Gasteiger partial charge in [-0.15, -0.1) is 0 Å². The highest BCUT2D eigenvalue weighted by molar-refractivity contribution is 7.92. The Labute approximate surface area is 244 Å². The largest absolute Gasteiger partial charge is 0.497 e. The van der Waals surface area contributed by atoms with Crippen LogP contribution in [0.15, 0.2) is 70.5 Å². The molecule has 1 fully saturated rings. The summed E-state index contributed by atoms with van der Waals surface area (Å²) in [5.41, 5.74) is 1.78. The van der Waals surface area contributed by atoms with Gasteiger partial charge in [-0.3, -0.25) is 9.10 Å². The highest BCUT2D eigenvalue weighted by Crippen LogP contribution is 2.36. The Hall–Kier alpha value is -3.32. The van der Waals surface area contributed by atoms with Crippen LogP contribution < -0.4 is 19.1 Å². The first-order valence-electron chi connectivity index (χ1n) is 13.0. The lowest BCUT2D eigenvalue weighted by atomic mass is 9.98. The van der Waals surface area contributed by atoms with Gasteiger partial charge in [-0.2, -0.15) is 4.31 Å². The zero-order chi connectivity index (χ0) is 29.4. The molecular formula is C28H30ClN3O7S2. The fourth-order valence-corrected chi connectivity index (χ4v) is 8.47. The van der Waals surface area contributed by atoms with E-state index in [1.807, 2.05) is 0 Å². The smallest absolute Gasteiger partial charge is 0.264 e. The summed E-state index contributed by atoms with van der Waals surface area (Å²) >= 11 is 5.93. The summed E-state index contributed by atoms with van der Waals surface area (Å²) in [6, 6.07) is 15.7. The van der Waals surface area contributed by atoms with Gasteiger partial charge in [0, 0.05) is 36.4 Å². The van der Waals surface area contributed by atoms with Crippen molar-refractivity contribution in [1.29, 1.82) is 0 Å². The highest BCUT2D eigenvalue weighted by Gasteiger charge is 2.36. The lowest BCUT2D eigenvalue weighted by Gasteiger charge is -2.31. The maximum absolute atomic E-state index is 13.5. The SMILES string of the molecule is COc1ccc(OC)c(S(=O)(=O)N2CCC[C@@H](C(=O)Nc3ccc4c(c3)N(S(=O)(=O)c3ccc(Cl)cc3)CC4)C2)c1. The van der Waals surface area contributed by atoms with Crippen LogP contribution >= 0.6 is 11.6 Å². The van der Waals surface area contributed by atoms with E-state index in [9.17, 15) is 21.6 Å². The molecule has 3 aromatic carbocycles. The molecule has 3 aromatic rings. The predicted molar refractivity (Wildman–Crippen MR) is 156 cm³/mol. The van der Waals surface area contributed by atoms with Crippen LogP contribution in [0.1, 0.15) is 18.4 Å². The topological polar surface area (TPSA) is 122 Å². The first kappa shape index (κ1) is 29.2. The van der Waals surface area contributed by atoms with Gasteiger partial charge in [-0.1, -0.05) is 17.7 Å². The normalized spacial score (nSPS) is 17.6. The number of rotatable bonds is 8. The van der Waals surface area contributed by atoms with Gasteiger partial charge in [0.1, 0.15) is 16.4 Å². The lowest BCUT2D eigenvalue weighted by molar-refractivity contribution is -0.120. The molecule has 0 aromatic heterocycles. The van der Waals surface area contributed by atoms with Gasteiger partial charge >= 0.3 is 0 Å². The minimum absolute atomic E-state index is 0.00343. The van der Waals surface area contributed by atoms with Crippen LogP contribution in [0.4, 0.5) is 11.4 Å². The molecule has 13 heteroatoms. The van der Waals surface area contributed by atoms with E-state index in [-0.39, 0.29) is 41.1 Å². The lowest BCUT2D eigenvalue weighted by Crippen LogP contribution is -2.43. The molecule has 41 heavy (non-hydrogen) atoms. The van der Waals surface area contributed by atoms with Crippen LogP contribution in [0.2, 0.25) is 5.02 Å². The van der Waals surface area contributed by atoms with Gasteiger partial charge in [0.05, 0.1) is 30.7 Å². The molecular weight excluding hydrogens is 590 g/mol. The Balaban J connectivity index is 1.33. The summed E-state index contributed by atoms with van der Waals surface area (Å²) in [6.07, 6.45) is 1.55.